The summed E-state index contributed by atoms with van der Waals surface area (Å²) in [4.78, 5) is 0. The first-order valence-electron chi connectivity index (χ1n) is 6.83. The largest absolute Gasteiger partial charge is 0.385 e. The Labute approximate surface area is 114 Å². The molecule has 2 rings (SSSR count). The maximum Gasteiger partial charge on any atom is 0.153 e. The zero-order valence-electron chi connectivity index (χ0n) is 11.8. The average molecular weight is 259 g/mol. The van der Waals surface area contributed by atoms with Crippen molar-refractivity contribution in [2.75, 3.05) is 11.9 Å². The van der Waals surface area contributed by atoms with Gasteiger partial charge in [0, 0.05) is 12.2 Å². The Morgan fingerprint density at radius 2 is 2.05 bits per heavy atom. The lowest BCUT2D eigenvalue weighted by Gasteiger charge is -2.14. The normalized spacial score (nSPS) is 10.9. The molecule has 0 aliphatic heterocycles. The fourth-order valence-corrected chi connectivity index (χ4v) is 2.06. The van der Waals surface area contributed by atoms with Crippen LogP contribution >= 0.6 is 0 Å². The fourth-order valence-electron chi connectivity index (χ4n) is 2.06. The van der Waals surface area contributed by atoms with Crippen molar-refractivity contribution in [2.24, 2.45) is 5.92 Å². The highest BCUT2D eigenvalue weighted by Gasteiger charge is 2.06. The van der Waals surface area contributed by atoms with Crippen LogP contribution in [0.1, 0.15) is 32.5 Å². The first-order valence-corrected chi connectivity index (χ1v) is 6.83. The summed E-state index contributed by atoms with van der Waals surface area (Å²) in [6, 6.07) is 8.18. The van der Waals surface area contributed by atoms with Gasteiger partial charge in [-0.3, -0.25) is 0 Å². The molecule has 0 spiro atoms. The van der Waals surface area contributed by atoms with Crippen LogP contribution in [0.2, 0.25) is 0 Å². The first kappa shape index (κ1) is 13.5. The van der Waals surface area contributed by atoms with Crippen molar-refractivity contribution in [3.63, 3.8) is 0 Å². The Balaban J connectivity index is 2.10. The summed E-state index contributed by atoms with van der Waals surface area (Å²) in [5.41, 5.74) is 2.09. The minimum Gasteiger partial charge on any atom is -0.385 e. The molecule has 0 unspecified atom stereocenters. The zero-order chi connectivity index (χ0) is 13.7. The van der Waals surface area contributed by atoms with E-state index in [2.05, 4.69) is 46.8 Å². The van der Waals surface area contributed by atoms with Crippen LogP contribution in [0.25, 0.3) is 5.69 Å². The quantitative estimate of drug-likeness (QED) is 0.866. The van der Waals surface area contributed by atoms with Gasteiger partial charge in [-0.05, 0) is 41.5 Å². The summed E-state index contributed by atoms with van der Waals surface area (Å²) in [7, 11) is 0. The Bertz CT molecular complexity index is 516. The number of aromatic nitrogens is 4. The van der Waals surface area contributed by atoms with Gasteiger partial charge in [0.05, 0.1) is 5.69 Å². The molecule has 0 aliphatic rings. The van der Waals surface area contributed by atoms with Crippen LogP contribution in [0.4, 0.5) is 5.69 Å². The van der Waals surface area contributed by atoms with E-state index in [4.69, 9.17) is 0 Å². The van der Waals surface area contributed by atoms with Gasteiger partial charge < -0.3 is 5.32 Å². The minimum atomic E-state index is 0.721. The molecule has 5 nitrogen and oxygen atoms in total. The van der Waals surface area contributed by atoms with Crippen molar-refractivity contribution in [3.8, 4) is 5.69 Å². The van der Waals surface area contributed by atoms with Gasteiger partial charge in [0.2, 0.25) is 0 Å². The van der Waals surface area contributed by atoms with Gasteiger partial charge in [-0.25, -0.2) is 0 Å². The number of hydrogen-bond acceptors (Lipinski definition) is 4. The molecule has 0 atom stereocenters. The maximum absolute atomic E-state index is 3.98. The summed E-state index contributed by atoms with van der Waals surface area (Å²) in [5.74, 6) is 1.51. The lowest BCUT2D eigenvalue weighted by Crippen LogP contribution is -2.12. The number of nitrogens with one attached hydrogen (secondary N) is 1. The highest BCUT2D eigenvalue weighted by Crippen LogP contribution is 2.16. The molecule has 0 fully saturated rings. The van der Waals surface area contributed by atoms with Crippen molar-refractivity contribution in [3.05, 3.63) is 30.1 Å². The van der Waals surface area contributed by atoms with E-state index in [9.17, 15) is 0 Å². The maximum atomic E-state index is 3.98. The molecule has 0 saturated carbocycles. The number of rotatable bonds is 6. The van der Waals surface area contributed by atoms with Crippen LogP contribution in [0, 0.1) is 12.8 Å². The summed E-state index contributed by atoms with van der Waals surface area (Å²) in [5, 5.41) is 15.0. The van der Waals surface area contributed by atoms with Crippen molar-refractivity contribution in [1.82, 2.24) is 20.2 Å². The molecular weight excluding hydrogens is 238 g/mol. The Morgan fingerprint density at radius 3 is 2.68 bits per heavy atom. The van der Waals surface area contributed by atoms with Gasteiger partial charge in [-0.1, -0.05) is 32.8 Å². The molecule has 1 aromatic heterocycles. The van der Waals surface area contributed by atoms with Crippen molar-refractivity contribution >= 4 is 5.69 Å². The van der Waals surface area contributed by atoms with E-state index in [0.29, 0.717) is 0 Å². The second kappa shape index (κ2) is 6.31. The number of benzene rings is 1. The molecule has 19 heavy (non-hydrogen) atoms. The van der Waals surface area contributed by atoms with E-state index < -0.39 is 0 Å². The molecule has 0 aliphatic carbocycles. The number of anilines is 1. The van der Waals surface area contributed by atoms with Crippen LogP contribution in [0.5, 0.6) is 0 Å². The van der Waals surface area contributed by atoms with Crippen LogP contribution in [0.15, 0.2) is 24.3 Å². The minimum absolute atomic E-state index is 0.721. The molecule has 0 amide bonds. The molecule has 5 heteroatoms. The second-order valence-corrected chi connectivity index (χ2v) is 4.75. The molecule has 0 bridgehead atoms. The van der Waals surface area contributed by atoms with E-state index in [1.54, 1.807) is 4.68 Å². The average Bonchev–Trinajstić information content (AvgIpc) is 2.86. The summed E-state index contributed by atoms with van der Waals surface area (Å²) >= 11 is 0. The summed E-state index contributed by atoms with van der Waals surface area (Å²) in [6.07, 6.45) is 2.41. The van der Waals surface area contributed by atoms with Crippen molar-refractivity contribution in [2.45, 2.75) is 33.6 Å². The molecule has 0 saturated heterocycles. The molecule has 1 heterocycles. The van der Waals surface area contributed by atoms with Gasteiger partial charge in [0.25, 0.3) is 0 Å². The molecule has 2 aromatic rings. The number of tetrazole rings is 1. The van der Waals surface area contributed by atoms with Gasteiger partial charge in [-0.2, -0.15) is 4.68 Å². The van der Waals surface area contributed by atoms with E-state index in [0.717, 1.165) is 29.7 Å². The number of hydrogen-bond donors (Lipinski definition) is 1. The van der Waals surface area contributed by atoms with Gasteiger partial charge in [0.15, 0.2) is 5.82 Å². The SMILES string of the molecule is CCC(CC)CNc1cccc(-n2nnnc2C)c1. The number of nitrogens with zero attached hydrogens (tertiary/aromatic N) is 4. The Morgan fingerprint density at radius 1 is 1.26 bits per heavy atom. The first-order chi connectivity index (χ1) is 9.24. The van der Waals surface area contributed by atoms with Crippen molar-refractivity contribution < 1.29 is 0 Å². The van der Waals surface area contributed by atoms with Crippen LogP contribution in [0.3, 0.4) is 0 Å². The molecule has 1 N–H and O–H groups in total. The fraction of sp³-hybridized carbons (Fsp3) is 0.500. The smallest absolute Gasteiger partial charge is 0.153 e. The van der Waals surface area contributed by atoms with Crippen molar-refractivity contribution in [1.29, 1.82) is 0 Å². The third-order valence-electron chi connectivity index (χ3n) is 3.47. The molecule has 0 radical (unpaired) electrons. The molecular formula is C14H21N5. The van der Waals surface area contributed by atoms with Gasteiger partial charge in [0.1, 0.15) is 0 Å². The van der Waals surface area contributed by atoms with Gasteiger partial charge >= 0.3 is 0 Å². The van der Waals surface area contributed by atoms with E-state index >= 15 is 0 Å². The predicted octanol–water partition coefficient (Wildman–Crippen LogP) is 2.82. The van der Waals surface area contributed by atoms with E-state index in [1.807, 2.05) is 19.1 Å². The Kier molecular flexibility index (Phi) is 4.49. The highest BCUT2D eigenvalue weighted by molar-refractivity contribution is 5.50. The van der Waals surface area contributed by atoms with E-state index in [1.165, 1.54) is 12.8 Å². The number of aryl methyl sites for hydroxylation is 1. The molecule has 1 aromatic carbocycles. The van der Waals surface area contributed by atoms with Crippen LogP contribution in [-0.4, -0.2) is 26.8 Å². The Hall–Kier alpha value is -1.91. The zero-order valence-corrected chi connectivity index (χ0v) is 11.8. The summed E-state index contributed by atoms with van der Waals surface area (Å²) in [6.45, 7) is 7.36. The molecule has 102 valence electrons. The third-order valence-corrected chi connectivity index (χ3v) is 3.47. The topological polar surface area (TPSA) is 55.6 Å². The van der Waals surface area contributed by atoms with Gasteiger partial charge in [-0.15, -0.1) is 5.10 Å². The van der Waals surface area contributed by atoms with Crippen LogP contribution < -0.4 is 5.32 Å². The van der Waals surface area contributed by atoms with E-state index in [-0.39, 0.29) is 0 Å². The summed E-state index contributed by atoms with van der Waals surface area (Å²) < 4.78 is 1.74. The lowest BCUT2D eigenvalue weighted by atomic mass is 10.0. The standard InChI is InChI=1S/C14H21N5/c1-4-12(5-2)10-15-13-7-6-8-14(9-13)19-11(3)16-17-18-19/h6-9,12,15H,4-5,10H2,1-3H3. The van der Waals surface area contributed by atoms with Crippen LogP contribution in [-0.2, 0) is 0 Å². The predicted molar refractivity (Wildman–Crippen MR) is 76.5 cm³/mol. The monoisotopic (exact) mass is 259 g/mol. The third kappa shape index (κ3) is 3.30. The lowest BCUT2D eigenvalue weighted by molar-refractivity contribution is 0.519. The second-order valence-electron chi connectivity index (χ2n) is 4.75. The highest BCUT2D eigenvalue weighted by atomic mass is 15.5.